The van der Waals surface area contributed by atoms with Crippen LogP contribution in [0.3, 0.4) is 0 Å². The normalized spacial score (nSPS) is 11.4. The van der Waals surface area contributed by atoms with Crippen LogP contribution >= 0.6 is 15.9 Å². The first-order chi connectivity index (χ1) is 12.2. The highest BCUT2D eigenvalue weighted by Crippen LogP contribution is 2.34. The number of carbonyl (C=O) groups is 1. The Kier molecular flexibility index (Phi) is 4.74. The van der Waals surface area contributed by atoms with Gasteiger partial charge in [0.25, 0.3) is 5.91 Å². The molecule has 0 unspecified atom stereocenters. The van der Waals surface area contributed by atoms with E-state index in [-0.39, 0.29) is 16.0 Å². The van der Waals surface area contributed by atoms with Crippen molar-refractivity contribution in [1.29, 1.82) is 0 Å². The smallest absolute Gasteiger partial charge is 0.405 e. The first-order valence-corrected chi connectivity index (χ1v) is 7.81. The molecule has 0 atom stereocenters. The average Bonchev–Trinajstić information content (AvgIpc) is 2.94. The molecule has 26 heavy (non-hydrogen) atoms. The highest BCUT2D eigenvalue weighted by Gasteiger charge is 2.32. The van der Waals surface area contributed by atoms with Crippen LogP contribution < -0.4 is 15.5 Å². The molecule has 4 N–H and O–H groups in total. The van der Waals surface area contributed by atoms with Crippen LogP contribution in [-0.4, -0.2) is 27.4 Å². The Hall–Kier alpha value is -2.79. The van der Waals surface area contributed by atoms with Gasteiger partial charge in [-0.3, -0.25) is 10.0 Å². The molecule has 11 heteroatoms. The lowest BCUT2D eigenvalue weighted by atomic mass is 10.2. The molecule has 136 valence electrons. The lowest BCUT2D eigenvalue weighted by Gasteiger charge is -2.10. The van der Waals surface area contributed by atoms with E-state index < -0.39 is 18.0 Å². The number of hydrogen-bond donors (Lipinski definition) is 4. The molecule has 1 aromatic heterocycles. The van der Waals surface area contributed by atoms with Gasteiger partial charge in [-0.1, -0.05) is 6.07 Å². The predicted molar refractivity (Wildman–Crippen MR) is 89.5 cm³/mol. The van der Waals surface area contributed by atoms with E-state index in [4.69, 9.17) is 5.21 Å². The Morgan fingerprint density at radius 3 is 2.73 bits per heavy atom. The fourth-order valence-corrected chi connectivity index (χ4v) is 2.63. The number of aromatic nitrogens is 2. The standard InChI is InChI=1S/C15H10BrF3N4O3/c16-9-5-10-11(6-12(9)26-15(17,18)19)22-14(21-10)20-8-3-1-2-7(4-8)13(24)23-25/h1-6,25H,(H,23,24)(H2,20,21,22). The van der Waals surface area contributed by atoms with E-state index in [0.717, 1.165) is 0 Å². The Labute approximate surface area is 152 Å². The van der Waals surface area contributed by atoms with Crippen LogP contribution in [0.5, 0.6) is 5.75 Å². The number of aromatic amines is 1. The number of carbonyl (C=O) groups excluding carboxylic acids is 1. The second kappa shape index (κ2) is 6.84. The number of fused-ring (bicyclic) bond motifs is 1. The Bertz CT molecular complexity index is 974. The fourth-order valence-electron chi connectivity index (χ4n) is 2.21. The molecule has 0 saturated carbocycles. The topological polar surface area (TPSA) is 99.3 Å². The molecule has 7 nitrogen and oxygen atoms in total. The third-order valence-electron chi connectivity index (χ3n) is 3.25. The Balaban J connectivity index is 1.89. The van der Waals surface area contributed by atoms with Crippen molar-refractivity contribution < 1.29 is 27.9 Å². The molecule has 1 amide bonds. The molecule has 0 radical (unpaired) electrons. The van der Waals surface area contributed by atoms with Crippen LogP contribution in [0, 0.1) is 0 Å². The number of imidazole rings is 1. The van der Waals surface area contributed by atoms with Gasteiger partial charge in [-0.15, -0.1) is 13.2 Å². The second-order valence-corrected chi connectivity index (χ2v) is 5.93. The highest BCUT2D eigenvalue weighted by atomic mass is 79.9. The molecule has 3 aromatic rings. The maximum Gasteiger partial charge on any atom is 0.573 e. The third-order valence-corrected chi connectivity index (χ3v) is 3.87. The van der Waals surface area contributed by atoms with E-state index in [1.54, 1.807) is 12.1 Å². The minimum Gasteiger partial charge on any atom is -0.405 e. The highest BCUT2D eigenvalue weighted by molar-refractivity contribution is 9.10. The fraction of sp³-hybridized carbons (Fsp3) is 0.0667. The van der Waals surface area contributed by atoms with Crippen molar-refractivity contribution in [2.45, 2.75) is 6.36 Å². The maximum atomic E-state index is 12.4. The molecule has 2 aromatic carbocycles. The van der Waals surface area contributed by atoms with Crippen LogP contribution in [0.1, 0.15) is 10.4 Å². The summed E-state index contributed by atoms with van der Waals surface area (Å²) in [5.41, 5.74) is 2.93. The predicted octanol–water partition coefficient (Wildman–Crippen LogP) is 4.09. The number of nitrogens with zero attached hydrogens (tertiary/aromatic N) is 1. The van der Waals surface area contributed by atoms with Crippen molar-refractivity contribution in [3.8, 4) is 5.75 Å². The monoisotopic (exact) mass is 430 g/mol. The molecule has 0 fully saturated rings. The third kappa shape index (κ3) is 4.06. The summed E-state index contributed by atoms with van der Waals surface area (Å²) in [5, 5.41) is 11.6. The summed E-state index contributed by atoms with van der Waals surface area (Å²) >= 11 is 3.01. The molecular formula is C15H10BrF3N4O3. The SMILES string of the molecule is O=C(NO)c1cccc(Nc2nc3cc(Br)c(OC(F)(F)F)cc3[nH]2)c1. The molecule has 0 aliphatic rings. The number of nitrogens with one attached hydrogen (secondary N) is 3. The summed E-state index contributed by atoms with van der Waals surface area (Å²) in [4.78, 5) is 18.5. The summed E-state index contributed by atoms with van der Waals surface area (Å²) in [7, 11) is 0. The number of rotatable bonds is 4. The summed E-state index contributed by atoms with van der Waals surface area (Å²) in [5.74, 6) is -0.837. The number of hydroxylamine groups is 1. The van der Waals surface area contributed by atoms with Gasteiger partial charge >= 0.3 is 6.36 Å². The molecule has 0 aliphatic carbocycles. The molecule has 1 heterocycles. The molecule has 3 rings (SSSR count). The van der Waals surface area contributed by atoms with E-state index in [1.807, 2.05) is 0 Å². The molecule has 0 spiro atoms. The Morgan fingerprint density at radius 2 is 2.04 bits per heavy atom. The van der Waals surface area contributed by atoms with Crippen molar-refractivity contribution in [3.05, 3.63) is 46.4 Å². The van der Waals surface area contributed by atoms with Crippen LogP contribution in [0.25, 0.3) is 11.0 Å². The quantitative estimate of drug-likeness (QED) is 0.369. The zero-order valence-corrected chi connectivity index (χ0v) is 14.3. The van der Waals surface area contributed by atoms with Crippen molar-refractivity contribution in [2.75, 3.05) is 5.32 Å². The van der Waals surface area contributed by atoms with Crippen molar-refractivity contribution in [2.24, 2.45) is 0 Å². The van der Waals surface area contributed by atoms with Gasteiger partial charge in [-0.05, 0) is 40.2 Å². The lowest BCUT2D eigenvalue weighted by molar-refractivity contribution is -0.274. The van der Waals surface area contributed by atoms with E-state index in [2.05, 4.69) is 36.0 Å². The summed E-state index contributed by atoms with van der Waals surface area (Å²) in [6.07, 6.45) is -4.81. The molecular weight excluding hydrogens is 421 g/mol. The molecule has 0 saturated heterocycles. The summed E-state index contributed by atoms with van der Waals surface area (Å²) in [6, 6.07) is 8.74. The Morgan fingerprint density at radius 1 is 1.27 bits per heavy atom. The van der Waals surface area contributed by atoms with Crippen LogP contribution in [0.15, 0.2) is 40.9 Å². The summed E-state index contributed by atoms with van der Waals surface area (Å²) < 4.78 is 41.3. The average molecular weight is 431 g/mol. The van der Waals surface area contributed by atoms with Gasteiger partial charge in [-0.25, -0.2) is 10.5 Å². The first-order valence-electron chi connectivity index (χ1n) is 7.02. The van der Waals surface area contributed by atoms with Crippen LogP contribution in [0.2, 0.25) is 0 Å². The van der Waals surface area contributed by atoms with Crippen LogP contribution in [-0.2, 0) is 0 Å². The van der Waals surface area contributed by atoms with Crippen molar-refractivity contribution in [1.82, 2.24) is 15.4 Å². The van der Waals surface area contributed by atoms with E-state index in [0.29, 0.717) is 16.7 Å². The summed E-state index contributed by atoms with van der Waals surface area (Å²) in [6.45, 7) is 0. The zero-order chi connectivity index (χ0) is 18.9. The van der Waals surface area contributed by atoms with E-state index in [1.165, 1.54) is 29.7 Å². The number of hydrogen-bond acceptors (Lipinski definition) is 5. The van der Waals surface area contributed by atoms with Gasteiger partial charge < -0.3 is 15.0 Å². The second-order valence-electron chi connectivity index (χ2n) is 5.08. The maximum absolute atomic E-state index is 12.4. The lowest BCUT2D eigenvalue weighted by Crippen LogP contribution is -2.18. The van der Waals surface area contributed by atoms with Crippen molar-refractivity contribution in [3.63, 3.8) is 0 Å². The minimum absolute atomic E-state index is 0.0991. The van der Waals surface area contributed by atoms with E-state index in [9.17, 15) is 18.0 Å². The number of alkyl halides is 3. The van der Waals surface area contributed by atoms with Gasteiger partial charge in [0.05, 0.1) is 15.5 Å². The number of halogens is 4. The van der Waals surface area contributed by atoms with Crippen LogP contribution in [0.4, 0.5) is 24.8 Å². The number of anilines is 2. The van der Waals surface area contributed by atoms with Gasteiger partial charge in [-0.2, -0.15) is 0 Å². The molecule has 0 aliphatic heterocycles. The number of H-pyrrole nitrogens is 1. The molecule has 0 bridgehead atoms. The van der Waals surface area contributed by atoms with Gasteiger partial charge in [0.15, 0.2) is 0 Å². The number of ether oxygens (including phenoxy) is 1. The number of benzene rings is 2. The van der Waals surface area contributed by atoms with E-state index >= 15 is 0 Å². The largest absolute Gasteiger partial charge is 0.573 e. The minimum atomic E-state index is -4.81. The van der Waals surface area contributed by atoms with Gasteiger partial charge in [0.1, 0.15) is 5.75 Å². The van der Waals surface area contributed by atoms with Gasteiger partial charge in [0, 0.05) is 17.3 Å². The first kappa shape index (κ1) is 18.0. The number of amides is 1. The van der Waals surface area contributed by atoms with Crippen molar-refractivity contribution >= 4 is 44.5 Å². The van der Waals surface area contributed by atoms with Gasteiger partial charge in [0.2, 0.25) is 5.95 Å². The zero-order valence-electron chi connectivity index (χ0n) is 12.7.